The molecule has 2 heterocycles. The molecule has 1 aliphatic rings. The molecule has 5 heteroatoms. The molecule has 20 heavy (non-hydrogen) atoms. The Morgan fingerprint density at radius 2 is 2.00 bits per heavy atom. The van der Waals surface area contributed by atoms with Gasteiger partial charge in [-0.3, -0.25) is 0 Å². The summed E-state index contributed by atoms with van der Waals surface area (Å²) in [5.74, 6) is 1.01. The number of rotatable bonds is 3. The summed E-state index contributed by atoms with van der Waals surface area (Å²) in [4.78, 5) is 11.4. The van der Waals surface area contributed by atoms with Crippen molar-refractivity contribution < 1.29 is 0 Å². The molecule has 1 N–H and O–H groups in total. The van der Waals surface area contributed by atoms with Gasteiger partial charge >= 0.3 is 0 Å². The summed E-state index contributed by atoms with van der Waals surface area (Å²) in [6, 6.07) is 3.27. The minimum atomic E-state index is 0.569. The number of pyridine rings is 1. The van der Waals surface area contributed by atoms with Crippen molar-refractivity contribution in [1.29, 1.82) is 0 Å². The van der Waals surface area contributed by atoms with E-state index in [9.17, 15) is 0 Å². The monoisotopic (exact) mass is 273 g/mol. The third-order valence-corrected chi connectivity index (χ3v) is 4.61. The molecule has 0 unspecified atom stereocenters. The lowest BCUT2D eigenvalue weighted by Gasteiger charge is -2.35. The Morgan fingerprint density at radius 1 is 1.25 bits per heavy atom. The van der Waals surface area contributed by atoms with E-state index < -0.39 is 0 Å². The zero-order valence-electron chi connectivity index (χ0n) is 12.5. The summed E-state index contributed by atoms with van der Waals surface area (Å²) >= 11 is 0. The molecule has 0 radical (unpaired) electrons. The number of hydrogen-bond acceptors (Lipinski definition) is 4. The van der Waals surface area contributed by atoms with Crippen molar-refractivity contribution in [2.75, 3.05) is 19.0 Å². The zero-order valence-corrected chi connectivity index (χ0v) is 12.5. The molecule has 1 aliphatic carbocycles. The van der Waals surface area contributed by atoms with Gasteiger partial charge in [-0.25, -0.2) is 9.97 Å². The van der Waals surface area contributed by atoms with Gasteiger partial charge in [-0.1, -0.05) is 0 Å². The van der Waals surface area contributed by atoms with Gasteiger partial charge in [0, 0.05) is 32.4 Å². The summed E-state index contributed by atoms with van der Waals surface area (Å²) in [5.41, 5.74) is 2.15. The van der Waals surface area contributed by atoms with E-state index in [-0.39, 0.29) is 0 Å². The van der Waals surface area contributed by atoms with Gasteiger partial charge in [0.1, 0.15) is 5.52 Å². The van der Waals surface area contributed by atoms with Crippen LogP contribution in [-0.4, -0.2) is 40.7 Å². The molecule has 0 aliphatic heterocycles. The predicted octanol–water partition coefficient (Wildman–Crippen LogP) is 1.94. The first kappa shape index (κ1) is 13.4. The smallest absolute Gasteiger partial charge is 0.156 e. The number of aryl methyl sites for hydroxylation is 1. The fourth-order valence-electron chi connectivity index (χ4n) is 3.23. The van der Waals surface area contributed by atoms with E-state index in [1.165, 1.54) is 25.7 Å². The summed E-state index contributed by atoms with van der Waals surface area (Å²) in [6.45, 7) is 0. The van der Waals surface area contributed by atoms with Crippen LogP contribution in [0.1, 0.15) is 25.7 Å². The molecule has 1 saturated carbocycles. The molecule has 0 saturated heterocycles. The van der Waals surface area contributed by atoms with Crippen LogP contribution in [0.25, 0.3) is 11.0 Å². The van der Waals surface area contributed by atoms with Gasteiger partial charge in [-0.2, -0.15) is 0 Å². The molecule has 0 atom stereocenters. The van der Waals surface area contributed by atoms with E-state index >= 15 is 0 Å². The minimum Gasteiger partial charge on any atom is -0.355 e. The average molecular weight is 273 g/mol. The van der Waals surface area contributed by atoms with Gasteiger partial charge in [0.05, 0.1) is 11.8 Å². The Kier molecular flexibility index (Phi) is 3.61. The number of imidazole rings is 1. The van der Waals surface area contributed by atoms with Crippen molar-refractivity contribution in [3.63, 3.8) is 0 Å². The highest BCUT2D eigenvalue weighted by Crippen LogP contribution is 2.28. The minimum absolute atomic E-state index is 0.569. The van der Waals surface area contributed by atoms with Crippen LogP contribution in [0.3, 0.4) is 0 Å². The summed E-state index contributed by atoms with van der Waals surface area (Å²) in [7, 11) is 6.24. The average Bonchev–Trinajstić information content (AvgIpc) is 2.88. The molecule has 3 rings (SSSR count). The number of nitrogens with zero attached hydrogens (tertiary/aromatic N) is 4. The lowest BCUT2D eigenvalue weighted by molar-refractivity contribution is 0.351. The maximum atomic E-state index is 4.57. The van der Waals surface area contributed by atoms with Crippen molar-refractivity contribution in [1.82, 2.24) is 19.9 Å². The molecule has 0 spiro atoms. The van der Waals surface area contributed by atoms with Crippen molar-refractivity contribution >= 4 is 16.9 Å². The molecule has 1 fully saturated rings. The molecule has 108 valence electrons. The normalized spacial score (nSPS) is 23.1. The van der Waals surface area contributed by atoms with Crippen molar-refractivity contribution in [2.24, 2.45) is 7.05 Å². The third-order valence-electron chi connectivity index (χ3n) is 4.61. The van der Waals surface area contributed by atoms with Crippen LogP contribution in [0.15, 0.2) is 18.6 Å². The molecule has 2 aromatic rings. The first-order valence-corrected chi connectivity index (χ1v) is 7.37. The molecular weight excluding hydrogens is 250 g/mol. The second-order valence-electron chi connectivity index (χ2n) is 5.76. The summed E-state index contributed by atoms with van der Waals surface area (Å²) < 4.78 is 2.05. The first-order valence-electron chi connectivity index (χ1n) is 7.37. The predicted molar refractivity (Wildman–Crippen MR) is 82.0 cm³/mol. The second-order valence-corrected chi connectivity index (χ2v) is 5.76. The topological polar surface area (TPSA) is 46.0 Å². The zero-order chi connectivity index (χ0) is 14.1. The van der Waals surface area contributed by atoms with Crippen molar-refractivity contribution in [3.8, 4) is 0 Å². The largest absolute Gasteiger partial charge is 0.355 e. The van der Waals surface area contributed by atoms with Crippen LogP contribution < -0.4 is 10.2 Å². The van der Waals surface area contributed by atoms with E-state index in [0.29, 0.717) is 12.1 Å². The van der Waals surface area contributed by atoms with Crippen LogP contribution in [0.4, 0.5) is 5.82 Å². The van der Waals surface area contributed by atoms with Crippen LogP contribution >= 0.6 is 0 Å². The number of hydrogen-bond donors (Lipinski definition) is 1. The highest BCUT2D eigenvalue weighted by molar-refractivity contribution is 5.86. The van der Waals surface area contributed by atoms with Crippen LogP contribution in [0.5, 0.6) is 0 Å². The fourth-order valence-corrected chi connectivity index (χ4v) is 3.23. The maximum absolute atomic E-state index is 4.57. The number of fused-ring (bicyclic) bond motifs is 1. The molecule has 0 bridgehead atoms. The first-order chi connectivity index (χ1) is 9.70. The lowest BCUT2D eigenvalue weighted by Crippen LogP contribution is -2.40. The SMILES string of the molecule is CNC1CCC(N(C)c2nccc3c2ncn3C)CC1. The van der Waals surface area contributed by atoms with Crippen molar-refractivity contribution in [3.05, 3.63) is 18.6 Å². The molecule has 5 nitrogen and oxygen atoms in total. The molecule has 0 amide bonds. The summed E-state index contributed by atoms with van der Waals surface area (Å²) in [5, 5.41) is 3.39. The van der Waals surface area contributed by atoms with Gasteiger partial charge in [-0.05, 0) is 38.8 Å². The Hall–Kier alpha value is -1.62. The van der Waals surface area contributed by atoms with E-state index in [4.69, 9.17) is 0 Å². The summed E-state index contributed by atoms with van der Waals surface area (Å²) in [6.07, 6.45) is 8.66. The van der Waals surface area contributed by atoms with Gasteiger partial charge in [0.2, 0.25) is 0 Å². The molecule has 0 aromatic carbocycles. The Balaban J connectivity index is 1.84. The highest BCUT2D eigenvalue weighted by atomic mass is 15.2. The quantitative estimate of drug-likeness (QED) is 0.928. The van der Waals surface area contributed by atoms with E-state index in [2.05, 4.69) is 34.3 Å². The number of nitrogens with one attached hydrogen (secondary N) is 1. The van der Waals surface area contributed by atoms with Gasteiger partial charge in [0.15, 0.2) is 5.82 Å². The van der Waals surface area contributed by atoms with E-state index in [1.54, 1.807) is 0 Å². The van der Waals surface area contributed by atoms with E-state index in [1.807, 2.05) is 30.2 Å². The molecule has 2 aromatic heterocycles. The van der Waals surface area contributed by atoms with Gasteiger partial charge in [0.25, 0.3) is 0 Å². The second kappa shape index (κ2) is 5.40. The number of anilines is 1. The Morgan fingerprint density at radius 3 is 2.70 bits per heavy atom. The number of aromatic nitrogens is 3. The van der Waals surface area contributed by atoms with Crippen molar-refractivity contribution in [2.45, 2.75) is 37.8 Å². The third kappa shape index (κ3) is 2.26. The van der Waals surface area contributed by atoms with Crippen LogP contribution in [0, 0.1) is 0 Å². The van der Waals surface area contributed by atoms with E-state index in [0.717, 1.165) is 16.9 Å². The van der Waals surface area contributed by atoms with Gasteiger partial charge < -0.3 is 14.8 Å². The lowest BCUT2D eigenvalue weighted by atomic mass is 9.90. The highest BCUT2D eigenvalue weighted by Gasteiger charge is 2.25. The van der Waals surface area contributed by atoms with Gasteiger partial charge in [-0.15, -0.1) is 0 Å². The Labute approximate surface area is 120 Å². The standard InChI is InChI=1S/C15H23N5/c1-16-11-4-6-12(7-5-11)20(3)15-14-13(8-9-17-15)19(2)10-18-14/h8-12,16H,4-7H2,1-3H3. The fraction of sp³-hybridized carbons (Fsp3) is 0.600. The van der Waals surface area contributed by atoms with Crippen LogP contribution in [-0.2, 0) is 7.05 Å². The Bertz CT molecular complexity index is 583. The molecular formula is C15H23N5. The van der Waals surface area contributed by atoms with Crippen LogP contribution in [0.2, 0.25) is 0 Å². The maximum Gasteiger partial charge on any atom is 0.156 e.